The summed E-state index contributed by atoms with van der Waals surface area (Å²) in [6.45, 7) is 1.04. The van der Waals surface area contributed by atoms with Crippen LogP contribution in [0.5, 0.6) is 11.5 Å². The van der Waals surface area contributed by atoms with Crippen LogP contribution in [0.15, 0.2) is 42.5 Å². The van der Waals surface area contributed by atoms with Gasteiger partial charge in [0.05, 0.1) is 0 Å². The van der Waals surface area contributed by atoms with Gasteiger partial charge in [-0.3, -0.25) is 4.79 Å². The van der Waals surface area contributed by atoms with Gasteiger partial charge in [0, 0.05) is 16.1 Å². The minimum Gasteiger partial charge on any atom is -0.486 e. The van der Waals surface area contributed by atoms with Gasteiger partial charge < -0.3 is 9.47 Å². The number of ketones is 1. The van der Waals surface area contributed by atoms with E-state index in [1.807, 2.05) is 0 Å². The first-order valence-electron chi connectivity index (χ1n) is 5.94. The molecule has 0 N–H and O–H groups in total. The second-order valence-electron chi connectivity index (χ2n) is 4.19. The number of carbonyl (C=O) groups is 1. The van der Waals surface area contributed by atoms with Crippen molar-refractivity contribution in [3.8, 4) is 11.5 Å². The van der Waals surface area contributed by atoms with E-state index in [1.165, 1.54) is 0 Å². The van der Waals surface area contributed by atoms with Crippen molar-refractivity contribution in [3.63, 3.8) is 0 Å². The highest BCUT2D eigenvalue weighted by Crippen LogP contribution is 2.31. The van der Waals surface area contributed by atoms with Crippen LogP contribution < -0.4 is 9.47 Å². The normalized spacial score (nSPS) is 13.1. The number of hydrogen-bond donors (Lipinski definition) is 0. The number of carbonyl (C=O) groups excluding carboxylic acids is 1. The van der Waals surface area contributed by atoms with Crippen LogP contribution in [0.25, 0.3) is 0 Å². The van der Waals surface area contributed by atoms with Crippen LogP contribution >= 0.6 is 11.6 Å². The molecule has 2 aromatic rings. The molecule has 0 saturated heterocycles. The van der Waals surface area contributed by atoms with Crippen molar-refractivity contribution in [1.29, 1.82) is 0 Å². The molecule has 0 saturated carbocycles. The Bertz CT molecular complexity index is 620. The summed E-state index contributed by atoms with van der Waals surface area (Å²) in [5.41, 5.74) is 1.17. The minimum absolute atomic E-state index is 0.0614. The summed E-state index contributed by atoms with van der Waals surface area (Å²) in [6, 6.07) is 12.0. The molecule has 3 nitrogen and oxygen atoms in total. The lowest BCUT2D eigenvalue weighted by molar-refractivity contribution is 0.103. The lowest BCUT2D eigenvalue weighted by atomic mass is 10.0. The topological polar surface area (TPSA) is 35.5 Å². The molecule has 1 aliphatic rings. The van der Waals surface area contributed by atoms with E-state index in [0.717, 1.165) is 0 Å². The van der Waals surface area contributed by atoms with Gasteiger partial charge in [0.25, 0.3) is 0 Å². The monoisotopic (exact) mass is 274 g/mol. The lowest BCUT2D eigenvalue weighted by Gasteiger charge is -2.18. The molecule has 96 valence electrons. The van der Waals surface area contributed by atoms with Crippen molar-refractivity contribution in [2.24, 2.45) is 0 Å². The largest absolute Gasteiger partial charge is 0.486 e. The Morgan fingerprint density at radius 2 is 1.53 bits per heavy atom. The molecule has 0 radical (unpaired) electrons. The Kier molecular flexibility index (Phi) is 3.13. The second-order valence-corrected chi connectivity index (χ2v) is 4.63. The molecule has 0 aliphatic carbocycles. The molecule has 1 heterocycles. The molecule has 0 atom stereocenters. The molecule has 3 rings (SSSR count). The van der Waals surface area contributed by atoms with E-state index in [9.17, 15) is 4.79 Å². The zero-order valence-electron chi connectivity index (χ0n) is 10.1. The average Bonchev–Trinajstić information content (AvgIpc) is 2.47. The highest BCUT2D eigenvalue weighted by Gasteiger charge is 2.15. The predicted octanol–water partition coefficient (Wildman–Crippen LogP) is 3.34. The Morgan fingerprint density at radius 1 is 0.895 bits per heavy atom. The van der Waals surface area contributed by atoms with E-state index in [0.29, 0.717) is 40.9 Å². The van der Waals surface area contributed by atoms with E-state index in [4.69, 9.17) is 21.1 Å². The van der Waals surface area contributed by atoms with Crippen molar-refractivity contribution in [1.82, 2.24) is 0 Å². The predicted molar refractivity (Wildman–Crippen MR) is 72.3 cm³/mol. The van der Waals surface area contributed by atoms with Crippen molar-refractivity contribution < 1.29 is 14.3 Å². The lowest BCUT2D eigenvalue weighted by Crippen LogP contribution is -2.15. The van der Waals surface area contributed by atoms with E-state index >= 15 is 0 Å². The smallest absolute Gasteiger partial charge is 0.193 e. The van der Waals surface area contributed by atoms with Gasteiger partial charge in [-0.2, -0.15) is 0 Å². The molecule has 1 aliphatic heterocycles. The highest BCUT2D eigenvalue weighted by molar-refractivity contribution is 6.30. The summed E-state index contributed by atoms with van der Waals surface area (Å²) < 4.78 is 10.9. The van der Waals surface area contributed by atoms with Gasteiger partial charge in [-0.1, -0.05) is 11.6 Å². The van der Waals surface area contributed by atoms with Gasteiger partial charge in [-0.05, 0) is 42.5 Å². The summed E-state index contributed by atoms with van der Waals surface area (Å²) in [5.74, 6) is 1.23. The molecule has 19 heavy (non-hydrogen) atoms. The van der Waals surface area contributed by atoms with Crippen LogP contribution in [0.1, 0.15) is 15.9 Å². The Hall–Kier alpha value is -2.00. The van der Waals surface area contributed by atoms with Crippen LogP contribution in [-0.4, -0.2) is 19.0 Å². The van der Waals surface area contributed by atoms with Crippen LogP contribution in [-0.2, 0) is 0 Å². The number of hydrogen-bond acceptors (Lipinski definition) is 3. The molecule has 0 fully saturated rings. The minimum atomic E-state index is -0.0614. The van der Waals surface area contributed by atoms with Crippen molar-refractivity contribution in [2.75, 3.05) is 13.2 Å². The summed E-state index contributed by atoms with van der Waals surface area (Å²) >= 11 is 5.81. The van der Waals surface area contributed by atoms with Gasteiger partial charge in [-0.15, -0.1) is 0 Å². The molecule has 0 aromatic heterocycles. The fraction of sp³-hybridized carbons (Fsp3) is 0.133. The van der Waals surface area contributed by atoms with Crippen LogP contribution in [0, 0.1) is 0 Å². The van der Waals surface area contributed by atoms with Gasteiger partial charge in [0.2, 0.25) is 0 Å². The third-order valence-electron chi connectivity index (χ3n) is 2.91. The van der Waals surface area contributed by atoms with Crippen molar-refractivity contribution in [2.45, 2.75) is 0 Å². The zero-order chi connectivity index (χ0) is 13.2. The zero-order valence-corrected chi connectivity index (χ0v) is 10.8. The van der Waals surface area contributed by atoms with Gasteiger partial charge in [0.1, 0.15) is 13.2 Å². The molecular formula is C15H11ClO3. The van der Waals surface area contributed by atoms with Gasteiger partial charge in [0.15, 0.2) is 17.3 Å². The van der Waals surface area contributed by atoms with Crippen molar-refractivity contribution >= 4 is 17.4 Å². The standard InChI is InChI=1S/C15H11ClO3/c16-12-4-1-10(2-5-12)15(17)11-3-6-13-14(9-11)19-8-7-18-13/h1-6,9H,7-8H2. The number of halogens is 1. The fourth-order valence-electron chi connectivity index (χ4n) is 1.95. The Balaban J connectivity index is 1.93. The maximum Gasteiger partial charge on any atom is 0.193 e. The molecule has 0 unspecified atom stereocenters. The summed E-state index contributed by atoms with van der Waals surface area (Å²) in [5, 5.41) is 0.610. The maximum absolute atomic E-state index is 12.3. The van der Waals surface area contributed by atoms with Crippen LogP contribution in [0.3, 0.4) is 0 Å². The van der Waals surface area contributed by atoms with E-state index < -0.39 is 0 Å². The molecule has 0 amide bonds. The fourth-order valence-corrected chi connectivity index (χ4v) is 2.08. The quantitative estimate of drug-likeness (QED) is 0.788. The first kappa shape index (κ1) is 12.1. The van der Waals surface area contributed by atoms with E-state index in [2.05, 4.69) is 0 Å². The highest BCUT2D eigenvalue weighted by atomic mass is 35.5. The van der Waals surface area contributed by atoms with Gasteiger partial charge >= 0.3 is 0 Å². The third-order valence-corrected chi connectivity index (χ3v) is 3.16. The molecule has 2 aromatic carbocycles. The molecular weight excluding hydrogens is 264 g/mol. The van der Waals surface area contributed by atoms with Crippen LogP contribution in [0.4, 0.5) is 0 Å². The Morgan fingerprint density at radius 3 is 2.26 bits per heavy atom. The molecule has 0 spiro atoms. The first-order chi connectivity index (χ1) is 9.24. The summed E-state index contributed by atoms with van der Waals surface area (Å²) in [7, 11) is 0. The summed E-state index contributed by atoms with van der Waals surface area (Å²) in [4.78, 5) is 12.3. The number of benzene rings is 2. The second kappa shape index (κ2) is 4.94. The SMILES string of the molecule is O=C(c1ccc(Cl)cc1)c1ccc2c(c1)OCCO2. The summed E-state index contributed by atoms with van der Waals surface area (Å²) in [6.07, 6.45) is 0. The van der Waals surface area contributed by atoms with E-state index in [-0.39, 0.29) is 5.78 Å². The number of fused-ring (bicyclic) bond motifs is 1. The van der Waals surface area contributed by atoms with Crippen LogP contribution in [0.2, 0.25) is 5.02 Å². The first-order valence-corrected chi connectivity index (χ1v) is 6.32. The Labute approximate surface area is 115 Å². The molecule has 4 heteroatoms. The average molecular weight is 275 g/mol. The third kappa shape index (κ3) is 2.42. The van der Waals surface area contributed by atoms with Gasteiger partial charge in [-0.25, -0.2) is 0 Å². The van der Waals surface area contributed by atoms with E-state index in [1.54, 1.807) is 42.5 Å². The number of ether oxygens (including phenoxy) is 2. The molecule has 0 bridgehead atoms. The van der Waals surface area contributed by atoms with Crippen molar-refractivity contribution in [3.05, 3.63) is 58.6 Å². The number of rotatable bonds is 2. The maximum atomic E-state index is 12.3.